The zero-order valence-electron chi connectivity index (χ0n) is 14.1. The summed E-state index contributed by atoms with van der Waals surface area (Å²) < 4.78 is 23.7. The molecule has 0 saturated carbocycles. The van der Waals surface area contributed by atoms with Crippen molar-refractivity contribution in [2.45, 2.75) is 44.9 Å². The summed E-state index contributed by atoms with van der Waals surface area (Å²) in [5.41, 5.74) is 4.72. The number of hydrogen-bond acceptors (Lipinski definition) is 5. The number of benzene rings is 1. The van der Waals surface area contributed by atoms with Gasteiger partial charge in [0.2, 0.25) is 5.91 Å². The van der Waals surface area contributed by atoms with Crippen LogP contribution < -0.4 is 21.1 Å². The van der Waals surface area contributed by atoms with E-state index in [4.69, 9.17) is 15.2 Å². The predicted molar refractivity (Wildman–Crippen MR) is 86.4 cm³/mol. The summed E-state index contributed by atoms with van der Waals surface area (Å²) in [4.78, 5) is 35.5. The van der Waals surface area contributed by atoms with E-state index < -0.39 is 41.5 Å². The van der Waals surface area contributed by atoms with Gasteiger partial charge >= 0.3 is 6.09 Å². The molecule has 8 nitrogen and oxygen atoms in total. The number of alkyl carbamates (subject to hydrolysis) is 1. The van der Waals surface area contributed by atoms with Crippen LogP contribution in [0.25, 0.3) is 0 Å². The van der Waals surface area contributed by atoms with Crippen LogP contribution in [0, 0.1) is 5.82 Å². The van der Waals surface area contributed by atoms with E-state index in [1.165, 1.54) is 12.1 Å². The van der Waals surface area contributed by atoms with Crippen LogP contribution in [0.2, 0.25) is 0 Å². The van der Waals surface area contributed by atoms with Gasteiger partial charge in [-0.25, -0.2) is 9.18 Å². The lowest BCUT2D eigenvalue weighted by Gasteiger charge is -2.28. The Morgan fingerprint density at radius 1 is 1.44 bits per heavy atom. The Labute approximate surface area is 143 Å². The lowest BCUT2D eigenvalue weighted by molar-refractivity contribution is -0.125. The molecule has 0 spiro atoms. The van der Waals surface area contributed by atoms with Crippen LogP contribution in [-0.4, -0.2) is 35.7 Å². The van der Waals surface area contributed by atoms with E-state index in [0.717, 1.165) is 6.07 Å². The average Bonchev–Trinajstić information content (AvgIpc) is 2.45. The molecule has 3 amide bonds. The van der Waals surface area contributed by atoms with Crippen molar-refractivity contribution in [1.29, 1.82) is 0 Å². The summed E-state index contributed by atoms with van der Waals surface area (Å²) in [6, 6.07) is 2.48. The van der Waals surface area contributed by atoms with Gasteiger partial charge in [0.1, 0.15) is 23.2 Å². The van der Waals surface area contributed by atoms with Gasteiger partial charge in [-0.15, -0.1) is 0 Å². The van der Waals surface area contributed by atoms with Crippen molar-refractivity contribution in [2.24, 2.45) is 5.73 Å². The highest BCUT2D eigenvalue weighted by molar-refractivity contribution is 5.98. The van der Waals surface area contributed by atoms with E-state index in [1.54, 1.807) is 20.8 Å². The van der Waals surface area contributed by atoms with Gasteiger partial charge in [0, 0.05) is 12.5 Å². The SMILES string of the molecule is CC(C)(C)OC(=O)N[C@@H](C[C@@H]1Oc2ccc(F)cc2NC1=O)C(N)=O. The third kappa shape index (κ3) is 5.07. The molecule has 0 fully saturated rings. The number of ether oxygens (including phenoxy) is 2. The summed E-state index contributed by atoms with van der Waals surface area (Å²) in [6.07, 6.45) is -2.11. The van der Waals surface area contributed by atoms with E-state index in [0.29, 0.717) is 0 Å². The van der Waals surface area contributed by atoms with Crippen LogP contribution in [0.5, 0.6) is 5.75 Å². The number of carbonyl (C=O) groups is 3. The number of nitrogens with one attached hydrogen (secondary N) is 2. The lowest BCUT2D eigenvalue weighted by atomic mass is 10.1. The minimum atomic E-state index is -1.17. The highest BCUT2D eigenvalue weighted by Crippen LogP contribution is 2.31. The molecular formula is C16H20FN3O5. The molecule has 1 aliphatic rings. The van der Waals surface area contributed by atoms with Crippen LogP contribution in [-0.2, 0) is 14.3 Å². The molecule has 2 atom stereocenters. The maximum absolute atomic E-state index is 13.2. The monoisotopic (exact) mass is 353 g/mol. The maximum atomic E-state index is 13.2. The summed E-state index contributed by atoms with van der Waals surface area (Å²) in [7, 11) is 0. The molecule has 1 aromatic carbocycles. The van der Waals surface area contributed by atoms with Crippen molar-refractivity contribution < 1.29 is 28.2 Å². The molecule has 1 heterocycles. The first-order chi connectivity index (χ1) is 11.5. The molecule has 0 saturated heterocycles. The highest BCUT2D eigenvalue weighted by atomic mass is 19.1. The van der Waals surface area contributed by atoms with E-state index in [1.807, 2.05) is 0 Å². The van der Waals surface area contributed by atoms with Gasteiger partial charge in [0.25, 0.3) is 5.91 Å². The van der Waals surface area contributed by atoms with Crippen molar-refractivity contribution in [3.8, 4) is 5.75 Å². The van der Waals surface area contributed by atoms with Crippen molar-refractivity contribution >= 4 is 23.6 Å². The standard InChI is InChI=1S/C16H20FN3O5/c1-16(2,3)25-15(23)20-10(13(18)21)7-12-14(22)19-9-6-8(17)4-5-11(9)24-12/h4-6,10,12H,7H2,1-3H3,(H2,18,21)(H,19,22)(H,20,23)/t10-,12-/m0/s1. The first kappa shape index (κ1) is 18.5. The maximum Gasteiger partial charge on any atom is 0.408 e. The third-order valence-electron chi connectivity index (χ3n) is 3.25. The molecule has 0 unspecified atom stereocenters. The number of nitrogens with two attached hydrogens (primary N) is 1. The Kier molecular flexibility index (Phi) is 5.15. The van der Waals surface area contributed by atoms with Gasteiger partial charge in [-0.3, -0.25) is 9.59 Å². The van der Waals surface area contributed by atoms with Crippen molar-refractivity contribution in [3.05, 3.63) is 24.0 Å². The topological polar surface area (TPSA) is 120 Å². The quantitative estimate of drug-likeness (QED) is 0.753. The van der Waals surface area contributed by atoms with Crippen LogP contribution in [0.15, 0.2) is 18.2 Å². The molecule has 25 heavy (non-hydrogen) atoms. The Morgan fingerprint density at radius 3 is 2.72 bits per heavy atom. The average molecular weight is 353 g/mol. The van der Waals surface area contributed by atoms with E-state index in [2.05, 4.69) is 10.6 Å². The number of halogens is 1. The second-order valence-electron chi connectivity index (χ2n) is 6.57. The molecule has 2 rings (SSSR count). The zero-order valence-corrected chi connectivity index (χ0v) is 14.1. The molecule has 0 radical (unpaired) electrons. The predicted octanol–water partition coefficient (Wildman–Crippen LogP) is 1.29. The minimum Gasteiger partial charge on any atom is -0.478 e. The summed E-state index contributed by atoms with van der Waals surface area (Å²) >= 11 is 0. The fourth-order valence-corrected chi connectivity index (χ4v) is 2.19. The smallest absolute Gasteiger partial charge is 0.408 e. The second kappa shape index (κ2) is 6.96. The minimum absolute atomic E-state index is 0.192. The van der Waals surface area contributed by atoms with Crippen LogP contribution in [0.4, 0.5) is 14.9 Å². The number of hydrogen-bond donors (Lipinski definition) is 3. The number of carbonyl (C=O) groups excluding carboxylic acids is 3. The molecule has 9 heteroatoms. The van der Waals surface area contributed by atoms with Crippen molar-refractivity contribution in [1.82, 2.24) is 5.32 Å². The van der Waals surface area contributed by atoms with Gasteiger partial charge in [0.15, 0.2) is 6.10 Å². The van der Waals surface area contributed by atoms with E-state index in [-0.39, 0.29) is 17.9 Å². The first-order valence-corrected chi connectivity index (χ1v) is 7.61. The number of anilines is 1. The highest BCUT2D eigenvalue weighted by Gasteiger charge is 2.33. The molecule has 136 valence electrons. The largest absolute Gasteiger partial charge is 0.478 e. The van der Waals surface area contributed by atoms with Gasteiger partial charge in [-0.2, -0.15) is 0 Å². The van der Waals surface area contributed by atoms with Gasteiger partial charge in [-0.05, 0) is 32.9 Å². The molecule has 1 aliphatic heterocycles. The molecule has 0 aromatic heterocycles. The van der Waals surface area contributed by atoms with Crippen LogP contribution >= 0.6 is 0 Å². The van der Waals surface area contributed by atoms with Crippen LogP contribution in [0.1, 0.15) is 27.2 Å². The molecule has 0 bridgehead atoms. The fourth-order valence-electron chi connectivity index (χ4n) is 2.19. The molecule has 1 aromatic rings. The Morgan fingerprint density at radius 2 is 2.12 bits per heavy atom. The third-order valence-corrected chi connectivity index (χ3v) is 3.25. The number of amides is 3. The van der Waals surface area contributed by atoms with E-state index in [9.17, 15) is 18.8 Å². The zero-order chi connectivity index (χ0) is 18.8. The number of fused-ring (bicyclic) bond motifs is 1. The second-order valence-corrected chi connectivity index (χ2v) is 6.57. The fraction of sp³-hybridized carbons (Fsp3) is 0.438. The van der Waals surface area contributed by atoms with Gasteiger partial charge in [-0.1, -0.05) is 0 Å². The number of primary amides is 1. The summed E-state index contributed by atoms with van der Waals surface area (Å²) in [5, 5.41) is 4.80. The van der Waals surface area contributed by atoms with Crippen LogP contribution in [0.3, 0.4) is 0 Å². The lowest BCUT2D eigenvalue weighted by Crippen LogP contribution is -2.50. The Hall–Kier alpha value is -2.84. The van der Waals surface area contributed by atoms with Crippen molar-refractivity contribution in [2.75, 3.05) is 5.32 Å². The summed E-state index contributed by atoms with van der Waals surface area (Å²) in [5.74, 6) is -1.68. The van der Waals surface area contributed by atoms with Crippen molar-refractivity contribution in [3.63, 3.8) is 0 Å². The first-order valence-electron chi connectivity index (χ1n) is 7.61. The number of rotatable bonds is 4. The van der Waals surface area contributed by atoms with Gasteiger partial charge < -0.3 is 25.8 Å². The van der Waals surface area contributed by atoms with E-state index >= 15 is 0 Å². The Bertz CT molecular complexity index is 702. The molecule has 0 aliphatic carbocycles. The Balaban J connectivity index is 2.07. The normalized spacial score (nSPS) is 17.6. The molecular weight excluding hydrogens is 333 g/mol. The van der Waals surface area contributed by atoms with Gasteiger partial charge in [0.05, 0.1) is 5.69 Å². The summed E-state index contributed by atoms with van der Waals surface area (Å²) in [6.45, 7) is 5.00. The molecule has 4 N–H and O–H groups in total.